The van der Waals surface area contributed by atoms with Crippen LogP contribution in [0.15, 0.2) is 17.4 Å². The van der Waals surface area contributed by atoms with E-state index in [2.05, 4.69) is 65.8 Å². The van der Waals surface area contributed by atoms with E-state index in [1.165, 1.54) is 31.4 Å². The highest BCUT2D eigenvalue weighted by molar-refractivity contribution is 14.0. The maximum absolute atomic E-state index is 4.79. The number of rotatable bonds is 8. The largest absolute Gasteiger partial charge is 0.357 e. The fourth-order valence-electron chi connectivity index (χ4n) is 3.38. The second-order valence-electron chi connectivity index (χ2n) is 7.17. The first-order valence-electron chi connectivity index (χ1n) is 9.78. The van der Waals surface area contributed by atoms with Crippen LogP contribution in [0.4, 0.5) is 0 Å². The fraction of sp³-hybridized carbons (Fsp3) is 0.789. The molecule has 1 fully saturated rings. The Morgan fingerprint density at radius 1 is 1.38 bits per heavy atom. The Morgan fingerprint density at radius 2 is 2.19 bits per heavy atom. The minimum absolute atomic E-state index is 0. The molecule has 1 saturated carbocycles. The van der Waals surface area contributed by atoms with Gasteiger partial charge in [-0.3, -0.25) is 0 Å². The van der Waals surface area contributed by atoms with Crippen molar-refractivity contribution in [3.63, 3.8) is 0 Å². The summed E-state index contributed by atoms with van der Waals surface area (Å²) in [6.45, 7) is 11.3. The molecule has 0 aliphatic heterocycles. The van der Waals surface area contributed by atoms with Crippen molar-refractivity contribution in [2.75, 3.05) is 12.3 Å². The van der Waals surface area contributed by atoms with Gasteiger partial charge >= 0.3 is 0 Å². The molecule has 0 spiro atoms. The van der Waals surface area contributed by atoms with Gasteiger partial charge in [-0.15, -0.1) is 24.0 Å². The van der Waals surface area contributed by atoms with Gasteiger partial charge in [0.15, 0.2) is 5.96 Å². The lowest BCUT2D eigenvalue weighted by molar-refractivity contribution is 0.418. The molecule has 1 aromatic rings. The second kappa shape index (κ2) is 12.9. The number of hydrogen-bond donors (Lipinski definition) is 2. The topological polar surface area (TPSA) is 54.2 Å². The Balaban J connectivity index is 0.00000338. The van der Waals surface area contributed by atoms with Crippen molar-refractivity contribution in [2.24, 2.45) is 10.9 Å². The Bertz CT molecular complexity index is 530. The van der Waals surface area contributed by atoms with Crippen molar-refractivity contribution >= 4 is 41.7 Å². The molecule has 26 heavy (non-hydrogen) atoms. The van der Waals surface area contributed by atoms with E-state index in [1.54, 1.807) is 0 Å². The van der Waals surface area contributed by atoms with Gasteiger partial charge in [-0.25, -0.2) is 9.98 Å². The number of halogens is 1. The maximum Gasteiger partial charge on any atom is 0.191 e. The second-order valence-corrected chi connectivity index (χ2v) is 8.75. The number of thioether (sulfide) groups is 1. The van der Waals surface area contributed by atoms with Gasteiger partial charge in [0.25, 0.3) is 0 Å². The number of guanidine groups is 1. The van der Waals surface area contributed by atoms with E-state index in [4.69, 9.17) is 4.99 Å². The van der Waals surface area contributed by atoms with E-state index in [0.717, 1.165) is 30.1 Å². The van der Waals surface area contributed by atoms with Crippen molar-refractivity contribution < 1.29 is 0 Å². The highest BCUT2D eigenvalue weighted by Crippen LogP contribution is 2.28. The molecule has 2 rings (SSSR count). The molecule has 5 nitrogen and oxygen atoms in total. The van der Waals surface area contributed by atoms with Crippen molar-refractivity contribution in [1.82, 2.24) is 20.2 Å². The van der Waals surface area contributed by atoms with Gasteiger partial charge in [-0.05, 0) is 37.9 Å². The van der Waals surface area contributed by atoms with E-state index in [-0.39, 0.29) is 24.0 Å². The molecule has 0 aromatic carbocycles. The van der Waals surface area contributed by atoms with Gasteiger partial charge in [0.1, 0.15) is 12.4 Å². The van der Waals surface area contributed by atoms with Gasteiger partial charge in [-0.2, -0.15) is 11.8 Å². The summed E-state index contributed by atoms with van der Waals surface area (Å²) in [4.78, 5) is 9.27. The lowest BCUT2D eigenvalue weighted by atomic mass is 9.95. The van der Waals surface area contributed by atoms with Gasteiger partial charge in [-0.1, -0.05) is 27.2 Å². The summed E-state index contributed by atoms with van der Waals surface area (Å²) in [7, 11) is 0. The van der Waals surface area contributed by atoms with Gasteiger partial charge in [0, 0.05) is 36.8 Å². The minimum Gasteiger partial charge on any atom is -0.357 e. The van der Waals surface area contributed by atoms with Gasteiger partial charge in [0.2, 0.25) is 0 Å². The van der Waals surface area contributed by atoms with Gasteiger partial charge < -0.3 is 15.2 Å². The molecule has 150 valence electrons. The molecule has 1 aliphatic rings. The molecule has 0 radical (unpaired) electrons. The Labute approximate surface area is 180 Å². The number of imidazole rings is 1. The van der Waals surface area contributed by atoms with Crippen LogP contribution in [0.5, 0.6) is 0 Å². The van der Waals surface area contributed by atoms with E-state index in [1.807, 2.05) is 6.20 Å². The van der Waals surface area contributed by atoms with Crippen molar-refractivity contribution in [3.8, 4) is 0 Å². The maximum atomic E-state index is 4.79. The smallest absolute Gasteiger partial charge is 0.191 e. The third-order valence-corrected chi connectivity index (χ3v) is 5.69. The van der Waals surface area contributed by atoms with Crippen LogP contribution in [0.3, 0.4) is 0 Å². The highest BCUT2D eigenvalue weighted by atomic mass is 127. The summed E-state index contributed by atoms with van der Waals surface area (Å²) >= 11 is 2.10. The van der Waals surface area contributed by atoms with E-state index in [0.29, 0.717) is 18.5 Å². The first-order chi connectivity index (χ1) is 12.1. The molecular formula is C19H36IN5S. The predicted octanol–water partition coefficient (Wildman–Crippen LogP) is 4.28. The molecule has 0 amide bonds. The Kier molecular flexibility index (Phi) is 11.7. The quantitative estimate of drug-likeness (QED) is 0.323. The van der Waals surface area contributed by atoms with Crippen LogP contribution in [0, 0.1) is 5.92 Å². The molecule has 1 heterocycles. The number of nitrogens with zero attached hydrogens (tertiary/aromatic N) is 3. The summed E-state index contributed by atoms with van der Waals surface area (Å²) in [5.41, 5.74) is 0. The Morgan fingerprint density at radius 3 is 2.88 bits per heavy atom. The van der Waals surface area contributed by atoms with Crippen molar-refractivity contribution in [3.05, 3.63) is 18.2 Å². The number of hydrogen-bond acceptors (Lipinski definition) is 3. The first kappa shape index (κ1) is 23.6. The summed E-state index contributed by atoms with van der Waals surface area (Å²) < 4.78 is 2.21. The van der Waals surface area contributed by atoms with Crippen LogP contribution in [0.1, 0.15) is 59.2 Å². The standard InChI is InChI=1S/C19H35N5S.HI/c1-5-20-19(23-16-8-7-9-17(12-16)25-6-2)22-13-18-21-10-11-24(18)14-15(3)4;/h10-11,15-17H,5-9,12-14H2,1-4H3,(H2,20,22,23);1H. The molecule has 7 heteroatoms. The molecule has 2 N–H and O–H groups in total. The monoisotopic (exact) mass is 493 g/mol. The lowest BCUT2D eigenvalue weighted by Crippen LogP contribution is -2.45. The average molecular weight is 494 g/mol. The van der Waals surface area contributed by atoms with Crippen molar-refractivity contribution in [2.45, 2.75) is 77.8 Å². The summed E-state index contributed by atoms with van der Waals surface area (Å²) in [5.74, 6) is 3.78. The molecule has 0 bridgehead atoms. The zero-order valence-electron chi connectivity index (χ0n) is 16.7. The number of aliphatic imine (C=N–C) groups is 1. The first-order valence-corrected chi connectivity index (χ1v) is 10.8. The molecule has 1 aromatic heterocycles. The number of aromatic nitrogens is 2. The van der Waals surface area contributed by atoms with Crippen LogP contribution in [0.2, 0.25) is 0 Å². The summed E-state index contributed by atoms with van der Waals surface area (Å²) in [6.07, 6.45) is 9.09. The van der Waals surface area contributed by atoms with E-state index in [9.17, 15) is 0 Å². The fourth-order valence-corrected chi connectivity index (χ4v) is 4.55. The van der Waals surface area contributed by atoms with E-state index >= 15 is 0 Å². The van der Waals surface area contributed by atoms with E-state index < -0.39 is 0 Å². The summed E-state index contributed by atoms with van der Waals surface area (Å²) in [5, 5.41) is 7.85. The molecule has 2 unspecified atom stereocenters. The van der Waals surface area contributed by atoms with Crippen LogP contribution in [-0.4, -0.2) is 39.1 Å². The van der Waals surface area contributed by atoms with Crippen molar-refractivity contribution in [1.29, 1.82) is 0 Å². The highest BCUT2D eigenvalue weighted by Gasteiger charge is 2.22. The van der Waals surface area contributed by atoms with Crippen LogP contribution in [-0.2, 0) is 13.1 Å². The third kappa shape index (κ3) is 8.06. The lowest BCUT2D eigenvalue weighted by Gasteiger charge is -2.30. The predicted molar refractivity (Wildman–Crippen MR) is 125 cm³/mol. The average Bonchev–Trinajstić information content (AvgIpc) is 3.00. The number of nitrogens with one attached hydrogen (secondary N) is 2. The normalized spacial score (nSPS) is 20.7. The van der Waals surface area contributed by atoms with Crippen LogP contribution < -0.4 is 10.6 Å². The molecule has 2 atom stereocenters. The molecule has 0 saturated heterocycles. The molecule has 1 aliphatic carbocycles. The zero-order chi connectivity index (χ0) is 18.1. The van der Waals surface area contributed by atoms with Crippen LogP contribution >= 0.6 is 35.7 Å². The minimum atomic E-state index is 0. The zero-order valence-corrected chi connectivity index (χ0v) is 19.8. The van der Waals surface area contributed by atoms with Crippen LogP contribution in [0.25, 0.3) is 0 Å². The molecular weight excluding hydrogens is 457 g/mol. The summed E-state index contributed by atoms with van der Waals surface area (Å²) in [6, 6.07) is 0.533. The SMILES string of the molecule is CCNC(=NCc1nccn1CC(C)C)NC1CCCC(SCC)C1.I. The van der Waals surface area contributed by atoms with Gasteiger partial charge in [0.05, 0.1) is 0 Å². The Hall–Kier alpha value is -0.440. The third-order valence-electron chi connectivity index (χ3n) is 4.46.